The first kappa shape index (κ1) is 16.2. The second-order valence-electron chi connectivity index (χ2n) is 3.94. The van der Waals surface area contributed by atoms with Gasteiger partial charge in [0.05, 0.1) is 20.1 Å². The number of hydrogen-bond donors (Lipinski definition) is 0. The lowest BCUT2D eigenvalue weighted by Crippen LogP contribution is -2.15. The molecule has 1 rings (SSSR count). The fraction of sp³-hybridized carbons (Fsp3) is 0.500. The van der Waals surface area contributed by atoms with Crippen molar-refractivity contribution in [1.82, 2.24) is 0 Å². The normalized spacial score (nSPS) is 11.9. The second-order valence-corrected chi connectivity index (χ2v) is 5.54. The molecular formula is C14H19ClO3S. The fourth-order valence-electron chi connectivity index (χ4n) is 1.50. The van der Waals surface area contributed by atoms with Crippen LogP contribution in [-0.4, -0.2) is 30.8 Å². The SMILES string of the molecule is CCOC(=O)C[C@@H](CCl)SCc1ccc(OC)cc1. The number of carbonyl (C=O) groups excluding carboxylic acids is 1. The van der Waals surface area contributed by atoms with Crippen LogP contribution in [0.2, 0.25) is 0 Å². The Hall–Kier alpha value is -0.870. The Morgan fingerprint density at radius 1 is 1.37 bits per heavy atom. The van der Waals surface area contributed by atoms with E-state index in [0.717, 1.165) is 11.5 Å². The number of esters is 1. The highest BCUT2D eigenvalue weighted by molar-refractivity contribution is 7.99. The van der Waals surface area contributed by atoms with E-state index in [-0.39, 0.29) is 11.2 Å². The molecule has 1 aromatic carbocycles. The van der Waals surface area contributed by atoms with Crippen LogP contribution in [0.3, 0.4) is 0 Å². The average Bonchev–Trinajstić information content (AvgIpc) is 2.44. The van der Waals surface area contributed by atoms with Crippen LogP contribution in [-0.2, 0) is 15.3 Å². The number of carbonyl (C=O) groups is 1. The van der Waals surface area contributed by atoms with Gasteiger partial charge in [-0.25, -0.2) is 0 Å². The summed E-state index contributed by atoms with van der Waals surface area (Å²) in [5, 5.41) is 0.0859. The number of alkyl halides is 1. The molecule has 1 aromatic rings. The molecule has 106 valence electrons. The summed E-state index contributed by atoms with van der Waals surface area (Å²) in [5.74, 6) is 1.92. The Morgan fingerprint density at radius 3 is 2.58 bits per heavy atom. The minimum absolute atomic E-state index is 0.0859. The highest BCUT2D eigenvalue weighted by atomic mass is 35.5. The summed E-state index contributed by atoms with van der Waals surface area (Å²) in [7, 11) is 1.65. The van der Waals surface area contributed by atoms with E-state index in [1.807, 2.05) is 24.3 Å². The molecule has 0 heterocycles. The van der Waals surface area contributed by atoms with Gasteiger partial charge in [-0.15, -0.1) is 11.6 Å². The molecule has 0 spiro atoms. The molecule has 19 heavy (non-hydrogen) atoms. The van der Waals surface area contributed by atoms with Crippen molar-refractivity contribution in [3.05, 3.63) is 29.8 Å². The molecule has 0 saturated carbocycles. The first-order chi connectivity index (χ1) is 9.19. The molecule has 0 aliphatic carbocycles. The van der Waals surface area contributed by atoms with E-state index >= 15 is 0 Å². The molecule has 5 heteroatoms. The summed E-state index contributed by atoms with van der Waals surface area (Å²) in [6.07, 6.45) is 0.359. The Bertz CT molecular complexity index is 381. The number of rotatable bonds is 8. The van der Waals surface area contributed by atoms with Crippen LogP contribution < -0.4 is 4.74 Å². The number of benzene rings is 1. The topological polar surface area (TPSA) is 35.5 Å². The maximum absolute atomic E-state index is 11.4. The van der Waals surface area contributed by atoms with Gasteiger partial charge < -0.3 is 9.47 Å². The lowest BCUT2D eigenvalue weighted by atomic mass is 10.2. The molecule has 0 radical (unpaired) electrons. The maximum Gasteiger partial charge on any atom is 0.306 e. The molecule has 0 N–H and O–H groups in total. The quantitative estimate of drug-likeness (QED) is 0.544. The number of halogens is 1. The molecule has 0 bridgehead atoms. The minimum atomic E-state index is -0.185. The van der Waals surface area contributed by atoms with Crippen LogP contribution in [0.15, 0.2) is 24.3 Å². The molecule has 1 atom stereocenters. The van der Waals surface area contributed by atoms with E-state index in [9.17, 15) is 4.79 Å². The van der Waals surface area contributed by atoms with E-state index in [2.05, 4.69) is 0 Å². The van der Waals surface area contributed by atoms with E-state index in [1.54, 1.807) is 25.8 Å². The number of thioether (sulfide) groups is 1. The van der Waals surface area contributed by atoms with Gasteiger partial charge in [0, 0.05) is 16.9 Å². The van der Waals surface area contributed by atoms with Gasteiger partial charge in [-0.05, 0) is 24.6 Å². The maximum atomic E-state index is 11.4. The Labute approximate surface area is 123 Å². The second kappa shape index (κ2) is 9.10. The molecule has 0 saturated heterocycles. The highest BCUT2D eigenvalue weighted by Crippen LogP contribution is 2.23. The molecule has 0 aliphatic rings. The van der Waals surface area contributed by atoms with Crippen LogP contribution >= 0.6 is 23.4 Å². The third kappa shape index (κ3) is 6.21. The predicted molar refractivity (Wildman–Crippen MR) is 80.0 cm³/mol. The molecular weight excluding hydrogens is 284 g/mol. The van der Waals surface area contributed by atoms with Crippen LogP contribution in [0.25, 0.3) is 0 Å². The summed E-state index contributed by atoms with van der Waals surface area (Å²) in [4.78, 5) is 11.4. The Morgan fingerprint density at radius 2 is 2.05 bits per heavy atom. The van der Waals surface area contributed by atoms with E-state index in [1.165, 1.54) is 5.56 Å². The third-order valence-electron chi connectivity index (χ3n) is 2.52. The van der Waals surface area contributed by atoms with E-state index in [0.29, 0.717) is 18.9 Å². The summed E-state index contributed by atoms with van der Waals surface area (Å²) >= 11 is 7.55. The molecule has 3 nitrogen and oxygen atoms in total. The minimum Gasteiger partial charge on any atom is -0.497 e. The first-order valence-corrected chi connectivity index (χ1v) is 7.74. The zero-order valence-corrected chi connectivity index (χ0v) is 12.8. The van der Waals surface area contributed by atoms with Crippen LogP contribution in [0.4, 0.5) is 0 Å². The monoisotopic (exact) mass is 302 g/mol. The largest absolute Gasteiger partial charge is 0.497 e. The zero-order chi connectivity index (χ0) is 14.1. The lowest BCUT2D eigenvalue weighted by Gasteiger charge is -2.12. The number of methoxy groups -OCH3 is 1. The van der Waals surface area contributed by atoms with Crippen LogP contribution in [0, 0.1) is 0 Å². The summed E-state index contributed by atoms with van der Waals surface area (Å²) in [6.45, 7) is 2.22. The molecule has 0 fully saturated rings. The van der Waals surface area contributed by atoms with Crippen LogP contribution in [0.5, 0.6) is 5.75 Å². The van der Waals surface area contributed by atoms with Crippen molar-refractivity contribution >= 4 is 29.3 Å². The van der Waals surface area contributed by atoms with E-state index in [4.69, 9.17) is 21.1 Å². The van der Waals surface area contributed by atoms with Gasteiger partial charge in [0.1, 0.15) is 5.75 Å². The molecule has 0 amide bonds. The van der Waals surface area contributed by atoms with Gasteiger partial charge in [-0.2, -0.15) is 11.8 Å². The van der Waals surface area contributed by atoms with Gasteiger partial charge >= 0.3 is 5.97 Å². The van der Waals surface area contributed by atoms with E-state index < -0.39 is 0 Å². The van der Waals surface area contributed by atoms with Crippen LogP contribution in [0.1, 0.15) is 18.9 Å². The summed E-state index contributed by atoms with van der Waals surface area (Å²) in [5.41, 5.74) is 1.18. The third-order valence-corrected chi connectivity index (χ3v) is 4.38. The van der Waals surface area contributed by atoms with Crippen molar-refractivity contribution in [2.45, 2.75) is 24.3 Å². The van der Waals surface area contributed by atoms with Gasteiger partial charge in [0.25, 0.3) is 0 Å². The summed E-state index contributed by atoms with van der Waals surface area (Å²) in [6, 6.07) is 7.89. The average molecular weight is 303 g/mol. The van der Waals surface area contributed by atoms with Crippen molar-refractivity contribution in [3.63, 3.8) is 0 Å². The number of hydrogen-bond acceptors (Lipinski definition) is 4. The highest BCUT2D eigenvalue weighted by Gasteiger charge is 2.14. The van der Waals surface area contributed by atoms with Crippen molar-refractivity contribution in [1.29, 1.82) is 0 Å². The fourth-order valence-corrected chi connectivity index (χ4v) is 2.84. The van der Waals surface area contributed by atoms with Crippen molar-refractivity contribution in [2.24, 2.45) is 0 Å². The van der Waals surface area contributed by atoms with Crippen molar-refractivity contribution in [3.8, 4) is 5.75 Å². The first-order valence-electron chi connectivity index (χ1n) is 6.15. The zero-order valence-electron chi connectivity index (χ0n) is 11.2. The number of ether oxygens (including phenoxy) is 2. The predicted octanol–water partition coefficient (Wildman–Crippen LogP) is 3.49. The molecule has 0 aliphatic heterocycles. The van der Waals surface area contributed by atoms with Crippen molar-refractivity contribution in [2.75, 3.05) is 19.6 Å². The Kier molecular flexibility index (Phi) is 7.75. The van der Waals surface area contributed by atoms with Gasteiger partial charge in [-0.1, -0.05) is 12.1 Å². The smallest absolute Gasteiger partial charge is 0.306 e. The standard InChI is InChI=1S/C14H19ClO3S/c1-3-18-14(16)8-13(9-15)19-10-11-4-6-12(17-2)7-5-11/h4-7,13H,3,8-10H2,1-2H3/t13-/m0/s1. The van der Waals surface area contributed by atoms with Gasteiger partial charge in [0.15, 0.2) is 0 Å². The van der Waals surface area contributed by atoms with Gasteiger partial charge in [0.2, 0.25) is 0 Å². The summed E-state index contributed by atoms with van der Waals surface area (Å²) < 4.78 is 10.0. The van der Waals surface area contributed by atoms with Crippen molar-refractivity contribution < 1.29 is 14.3 Å². The molecule has 0 unspecified atom stereocenters. The molecule has 0 aromatic heterocycles. The lowest BCUT2D eigenvalue weighted by molar-refractivity contribution is -0.142. The Balaban J connectivity index is 2.41. The van der Waals surface area contributed by atoms with Gasteiger partial charge in [-0.3, -0.25) is 4.79 Å².